The van der Waals surface area contributed by atoms with Gasteiger partial charge in [-0.15, -0.1) is 11.3 Å². The summed E-state index contributed by atoms with van der Waals surface area (Å²) in [5.74, 6) is 0.556. The van der Waals surface area contributed by atoms with Crippen LogP contribution in [-0.4, -0.2) is 28.0 Å². The average Bonchev–Trinajstić information content (AvgIpc) is 3.39. The summed E-state index contributed by atoms with van der Waals surface area (Å²) in [6, 6.07) is 12.5. The van der Waals surface area contributed by atoms with Crippen molar-refractivity contribution < 1.29 is 9.59 Å². The van der Waals surface area contributed by atoms with Crippen LogP contribution in [-0.2, 0) is 24.2 Å². The first-order chi connectivity index (χ1) is 16.3. The van der Waals surface area contributed by atoms with E-state index in [1.807, 2.05) is 25.1 Å². The summed E-state index contributed by atoms with van der Waals surface area (Å²) < 4.78 is 3.19. The Hall–Kier alpha value is -2.60. The molecule has 5 rings (SSSR count). The Labute approximate surface area is 206 Å². The number of carbonyl (C=O) groups excluding carboxylic acids is 2. The highest BCUT2D eigenvalue weighted by molar-refractivity contribution is 7.19. The highest BCUT2D eigenvalue weighted by Gasteiger charge is 2.49. The van der Waals surface area contributed by atoms with Crippen molar-refractivity contribution >= 4 is 39.1 Å². The van der Waals surface area contributed by atoms with E-state index in [1.165, 1.54) is 10.4 Å². The minimum atomic E-state index is -1.01. The number of thiophene rings is 1. The Morgan fingerprint density at radius 2 is 1.79 bits per heavy atom. The first-order valence-corrected chi connectivity index (χ1v) is 13.5. The monoisotopic (exact) mass is 477 g/mol. The lowest BCUT2D eigenvalue weighted by Gasteiger charge is -2.45. The third-order valence-corrected chi connectivity index (χ3v) is 9.03. The molecule has 2 aliphatic rings. The van der Waals surface area contributed by atoms with E-state index in [0.717, 1.165) is 60.3 Å². The van der Waals surface area contributed by atoms with Crippen LogP contribution in [0, 0.1) is 5.92 Å². The molecule has 2 aromatic heterocycles. The van der Waals surface area contributed by atoms with Crippen molar-refractivity contribution in [1.29, 1.82) is 0 Å². The summed E-state index contributed by atoms with van der Waals surface area (Å²) in [5.41, 5.74) is 2.71. The quantitative estimate of drug-likeness (QED) is 0.494. The SMILES string of the molecule is CCc1ccc(N2C(=O)c3cc4sc(CC)cc4n3C[C@]2(C)C(=O)NC2CCC(C)CC2)cc1. The number of rotatable bonds is 5. The zero-order valence-corrected chi connectivity index (χ0v) is 21.5. The predicted molar refractivity (Wildman–Crippen MR) is 140 cm³/mol. The molecule has 0 radical (unpaired) electrons. The maximum absolute atomic E-state index is 14.0. The molecule has 0 unspecified atom stereocenters. The third kappa shape index (κ3) is 3.86. The fourth-order valence-corrected chi connectivity index (χ4v) is 6.57. The van der Waals surface area contributed by atoms with Crippen molar-refractivity contribution in [3.63, 3.8) is 0 Å². The minimum absolute atomic E-state index is 0.0570. The maximum Gasteiger partial charge on any atom is 0.275 e. The number of aryl methyl sites for hydroxylation is 2. The summed E-state index contributed by atoms with van der Waals surface area (Å²) in [7, 11) is 0. The first kappa shape index (κ1) is 23.2. The van der Waals surface area contributed by atoms with E-state index in [4.69, 9.17) is 0 Å². The van der Waals surface area contributed by atoms with Crippen LogP contribution >= 0.6 is 11.3 Å². The van der Waals surface area contributed by atoms with Crippen molar-refractivity contribution in [3.05, 3.63) is 52.5 Å². The molecule has 1 aliphatic heterocycles. The van der Waals surface area contributed by atoms with Crippen molar-refractivity contribution in [2.45, 2.75) is 84.3 Å². The molecule has 3 heterocycles. The standard InChI is InChI=1S/C28H35N3O2S/c1-5-19-9-13-21(14-10-19)31-26(32)24-16-25-23(15-22(6-2)34-25)30(24)17-28(31,4)27(33)29-20-11-7-18(3)8-12-20/h9-10,13-16,18,20H,5-8,11-12,17H2,1-4H3,(H,29,33)/t18?,20?,28-/m1/s1. The molecular formula is C28H35N3O2S. The molecule has 1 N–H and O–H groups in total. The van der Waals surface area contributed by atoms with Gasteiger partial charge in [0.1, 0.15) is 11.2 Å². The van der Waals surface area contributed by atoms with Crippen molar-refractivity contribution in [2.75, 3.05) is 4.90 Å². The van der Waals surface area contributed by atoms with Gasteiger partial charge in [-0.05, 0) is 81.2 Å². The minimum Gasteiger partial charge on any atom is -0.351 e. The van der Waals surface area contributed by atoms with E-state index in [2.05, 4.69) is 48.9 Å². The Bertz CT molecular complexity index is 1220. The molecule has 0 bridgehead atoms. The van der Waals surface area contributed by atoms with Gasteiger partial charge < -0.3 is 9.88 Å². The zero-order valence-electron chi connectivity index (χ0n) is 20.7. The van der Waals surface area contributed by atoms with Crippen LogP contribution < -0.4 is 10.2 Å². The van der Waals surface area contributed by atoms with E-state index >= 15 is 0 Å². The number of fused-ring (bicyclic) bond motifs is 3. The Balaban J connectivity index is 1.56. The maximum atomic E-state index is 14.0. The number of amides is 2. The van der Waals surface area contributed by atoms with Crippen LogP contribution in [0.15, 0.2) is 36.4 Å². The topological polar surface area (TPSA) is 54.3 Å². The third-order valence-electron chi connectivity index (χ3n) is 7.81. The van der Waals surface area contributed by atoms with Gasteiger partial charge in [0.25, 0.3) is 5.91 Å². The Morgan fingerprint density at radius 1 is 1.09 bits per heavy atom. The van der Waals surface area contributed by atoms with Crippen LogP contribution in [0.3, 0.4) is 0 Å². The predicted octanol–water partition coefficient (Wildman–Crippen LogP) is 5.94. The Morgan fingerprint density at radius 3 is 2.44 bits per heavy atom. The Kier molecular flexibility index (Phi) is 6.05. The van der Waals surface area contributed by atoms with Crippen molar-refractivity contribution in [1.82, 2.24) is 9.88 Å². The largest absolute Gasteiger partial charge is 0.351 e. The second kappa shape index (κ2) is 8.88. The summed E-state index contributed by atoms with van der Waals surface area (Å²) >= 11 is 1.74. The number of aromatic nitrogens is 1. The van der Waals surface area contributed by atoms with E-state index in [9.17, 15) is 9.59 Å². The van der Waals surface area contributed by atoms with Gasteiger partial charge in [0.15, 0.2) is 0 Å². The van der Waals surface area contributed by atoms with Crippen LogP contribution in [0.4, 0.5) is 5.69 Å². The van der Waals surface area contributed by atoms with Crippen molar-refractivity contribution in [2.24, 2.45) is 5.92 Å². The van der Waals surface area contributed by atoms with E-state index in [1.54, 1.807) is 16.2 Å². The fraction of sp³-hybridized carbons (Fsp3) is 0.500. The molecule has 5 nitrogen and oxygen atoms in total. The summed E-state index contributed by atoms with van der Waals surface area (Å²) in [6.45, 7) is 8.93. The van der Waals surface area contributed by atoms with E-state index < -0.39 is 5.54 Å². The van der Waals surface area contributed by atoms with Gasteiger partial charge in [-0.25, -0.2) is 0 Å². The molecule has 1 atom stereocenters. The summed E-state index contributed by atoms with van der Waals surface area (Å²) in [5, 5.41) is 3.34. The number of hydrogen-bond acceptors (Lipinski definition) is 3. The molecule has 34 heavy (non-hydrogen) atoms. The van der Waals surface area contributed by atoms with Gasteiger partial charge in [-0.1, -0.05) is 32.9 Å². The average molecular weight is 478 g/mol. The highest BCUT2D eigenvalue weighted by Crippen LogP contribution is 2.39. The van der Waals surface area contributed by atoms with E-state index in [0.29, 0.717) is 12.2 Å². The molecule has 3 aromatic rings. The first-order valence-electron chi connectivity index (χ1n) is 12.7. The molecule has 1 aromatic carbocycles. The second-order valence-corrected chi connectivity index (χ2v) is 11.5. The molecule has 0 saturated heterocycles. The summed E-state index contributed by atoms with van der Waals surface area (Å²) in [6.07, 6.45) is 6.19. The van der Waals surface area contributed by atoms with Gasteiger partial charge >= 0.3 is 0 Å². The smallest absolute Gasteiger partial charge is 0.275 e. The molecule has 1 saturated carbocycles. The lowest BCUT2D eigenvalue weighted by Crippen LogP contribution is -2.65. The van der Waals surface area contributed by atoms with Gasteiger partial charge in [0.05, 0.1) is 16.8 Å². The molecule has 1 aliphatic carbocycles. The molecule has 0 spiro atoms. The molecule has 2 amide bonds. The number of carbonyl (C=O) groups is 2. The molecule has 180 valence electrons. The lowest BCUT2D eigenvalue weighted by atomic mass is 9.86. The van der Waals surface area contributed by atoms with Gasteiger partial charge in [-0.3, -0.25) is 14.5 Å². The van der Waals surface area contributed by atoms with Crippen molar-refractivity contribution in [3.8, 4) is 0 Å². The van der Waals surface area contributed by atoms with Gasteiger partial charge in [0, 0.05) is 16.6 Å². The number of nitrogens with zero attached hydrogens (tertiary/aromatic N) is 2. The normalized spacial score (nSPS) is 24.9. The number of hydrogen-bond donors (Lipinski definition) is 1. The van der Waals surface area contributed by atoms with Gasteiger partial charge in [0.2, 0.25) is 5.91 Å². The summed E-state index contributed by atoms with van der Waals surface area (Å²) in [4.78, 5) is 31.0. The van der Waals surface area contributed by atoms with Crippen LogP contribution in [0.1, 0.15) is 74.3 Å². The molecular weight excluding hydrogens is 442 g/mol. The second-order valence-electron chi connectivity index (χ2n) is 10.3. The number of nitrogens with one attached hydrogen (secondary N) is 1. The van der Waals surface area contributed by atoms with Crippen LogP contribution in [0.25, 0.3) is 10.2 Å². The van der Waals surface area contributed by atoms with Crippen LogP contribution in [0.5, 0.6) is 0 Å². The van der Waals surface area contributed by atoms with Gasteiger partial charge in [-0.2, -0.15) is 0 Å². The molecule has 1 fully saturated rings. The van der Waals surface area contributed by atoms with E-state index in [-0.39, 0.29) is 17.9 Å². The highest BCUT2D eigenvalue weighted by atomic mass is 32.1. The molecule has 6 heteroatoms. The fourth-order valence-electron chi connectivity index (χ4n) is 5.53. The van der Waals surface area contributed by atoms with Crippen LogP contribution in [0.2, 0.25) is 0 Å². The lowest BCUT2D eigenvalue weighted by molar-refractivity contribution is -0.127. The number of benzene rings is 1. The zero-order chi connectivity index (χ0) is 24.0. The number of anilines is 1.